The number of hydrogen-bond acceptors (Lipinski definition) is 5. The zero-order valence-electron chi connectivity index (χ0n) is 16.2. The summed E-state index contributed by atoms with van der Waals surface area (Å²) >= 11 is 0. The first-order valence-corrected chi connectivity index (χ1v) is 9.35. The van der Waals surface area contributed by atoms with Crippen molar-refractivity contribution in [3.8, 4) is 0 Å². The zero-order valence-corrected chi connectivity index (χ0v) is 16.2. The predicted octanol–water partition coefficient (Wildman–Crippen LogP) is 3.31. The smallest absolute Gasteiger partial charge is 0.163 e. The Morgan fingerprint density at radius 1 is 1.40 bits per heavy atom. The number of ether oxygens (including phenoxy) is 3. The lowest BCUT2D eigenvalue weighted by molar-refractivity contribution is -0.157. The largest absolute Gasteiger partial charge is 0.489 e. The molecule has 25 heavy (non-hydrogen) atoms. The molecule has 2 N–H and O–H groups in total. The van der Waals surface area contributed by atoms with Gasteiger partial charge in [-0.05, 0) is 59.0 Å². The Balaban J connectivity index is 1.75. The molecule has 0 radical (unpaired) electrons. The maximum atomic E-state index is 10.3. The molecule has 2 heterocycles. The summed E-state index contributed by atoms with van der Waals surface area (Å²) in [5, 5.41) is 20.6. The molecule has 144 valence electrons. The van der Waals surface area contributed by atoms with Gasteiger partial charge in [-0.3, -0.25) is 0 Å². The van der Waals surface area contributed by atoms with Gasteiger partial charge in [0.1, 0.15) is 12.2 Å². The van der Waals surface area contributed by atoms with E-state index in [1.54, 1.807) is 6.08 Å². The second-order valence-corrected chi connectivity index (χ2v) is 8.13. The first kappa shape index (κ1) is 20.4. The molecule has 2 aliphatic heterocycles. The molecule has 5 heteroatoms. The summed E-state index contributed by atoms with van der Waals surface area (Å²) in [6.45, 7) is 10.5. The van der Waals surface area contributed by atoms with E-state index in [0.29, 0.717) is 24.7 Å². The third-order valence-corrected chi connectivity index (χ3v) is 4.70. The quantitative estimate of drug-likeness (QED) is 0.655. The van der Waals surface area contributed by atoms with Gasteiger partial charge < -0.3 is 24.4 Å². The minimum atomic E-state index is -0.722. The average Bonchev–Trinajstić information content (AvgIpc) is 3.00. The van der Waals surface area contributed by atoms with Crippen LogP contribution >= 0.6 is 0 Å². The highest BCUT2D eigenvalue weighted by atomic mass is 16.8. The van der Waals surface area contributed by atoms with Crippen LogP contribution in [0.15, 0.2) is 23.5 Å². The lowest BCUT2D eigenvalue weighted by Gasteiger charge is -2.24. The van der Waals surface area contributed by atoms with Crippen LogP contribution in [0, 0.1) is 5.92 Å². The predicted molar refractivity (Wildman–Crippen MR) is 96.9 cm³/mol. The van der Waals surface area contributed by atoms with Crippen LogP contribution in [0.25, 0.3) is 0 Å². The van der Waals surface area contributed by atoms with Crippen molar-refractivity contribution >= 4 is 0 Å². The number of aliphatic hydroxyl groups excluding tert-OH is 2. The molecular weight excluding hydrogens is 320 g/mol. The van der Waals surface area contributed by atoms with Crippen molar-refractivity contribution in [1.82, 2.24) is 0 Å². The third-order valence-electron chi connectivity index (χ3n) is 4.70. The summed E-state index contributed by atoms with van der Waals surface area (Å²) in [4.78, 5) is 0. The van der Waals surface area contributed by atoms with Crippen LogP contribution in [0.1, 0.15) is 60.3 Å². The van der Waals surface area contributed by atoms with Gasteiger partial charge in [0.2, 0.25) is 0 Å². The maximum absolute atomic E-state index is 10.3. The van der Waals surface area contributed by atoms with Crippen molar-refractivity contribution in [2.75, 3.05) is 6.61 Å². The Morgan fingerprint density at radius 3 is 2.72 bits per heavy atom. The van der Waals surface area contributed by atoms with Crippen molar-refractivity contribution in [2.24, 2.45) is 5.92 Å². The van der Waals surface area contributed by atoms with E-state index in [1.807, 2.05) is 13.8 Å². The number of aliphatic hydroxyl groups is 2. The van der Waals surface area contributed by atoms with Gasteiger partial charge in [-0.1, -0.05) is 18.6 Å². The summed E-state index contributed by atoms with van der Waals surface area (Å²) in [5.74, 6) is 0.451. The lowest BCUT2D eigenvalue weighted by Crippen LogP contribution is -2.37. The van der Waals surface area contributed by atoms with Gasteiger partial charge in [-0.25, -0.2) is 0 Å². The molecule has 5 nitrogen and oxygen atoms in total. The number of hydrogen-bond donors (Lipinski definition) is 2. The Morgan fingerprint density at radius 2 is 2.12 bits per heavy atom. The fourth-order valence-corrected chi connectivity index (χ4v) is 3.41. The van der Waals surface area contributed by atoms with Crippen LogP contribution in [0.2, 0.25) is 0 Å². The number of allylic oxidation sites excluding steroid dienone is 2. The molecule has 0 saturated carbocycles. The fraction of sp³-hybridized carbons (Fsp3) is 0.800. The summed E-state index contributed by atoms with van der Waals surface area (Å²) in [7, 11) is 0. The van der Waals surface area contributed by atoms with E-state index in [-0.39, 0.29) is 6.10 Å². The molecule has 2 aliphatic rings. The zero-order chi connectivity index (χ0) is 18.6. The summed E-state index contributed by atoms with van der Waals surface area (Å²) < 4.78 is 17.2. The van der Waals surface area contributed by atoms with Gasteiger partial charge >= 0.3 is 0 Å². The van der Waals surface area contributed by atoms with Gasteiger partial charge in [-0.2, -0.15) is 0 Å². The molecule has 0 aromatic heterocycles. The Bertz CT molecular complexity index is 492. The molecule has 1 fully saturated rings. The topological polar surface area (TPSA) is 68.2 Å². The molecule has 1 saturated heterocycles. The Kier molecular flexibility index (Phi) is 7.09. The third kappa shape index (κ3) is 6.41. The van der Waals surface area contributed by atoms with Crippen LogP contribution in [0.3, 0.4) is 0 Å². The molecule has 0 aromatic carbocycles. The molecular formula is C20H34O5. The average molecular weight is 354 g/mol. The molecule has 0 spiro atoms. The lowest BCUT2D eigenvalue weighted by atomic mass is 9.96. The Hall–Kier alpha value is -0.880. The van der Waals surface area contributed by atoms with E-state index in [2.05, 4.69) is 26.8 Å². The van der Waals surface area contributed by atoms with Crippen molar-refractivity contribution in [3.05, 3.63) is 23.5 Å². The van der Waals surface area contributed by atoms with Crippen LogP contribution in [0.4, 0.5) is 0 Å². The highest BCUT2D eigenvalue weighted by Gasteiger charge is 2.43. The van der Waals surface area contributed by atoms with E-state index in [1.165, 1.54) is 5.57 Å². The minimum absolute atomic E-state index is 0.293. The number of rotatable bonds is 8. The second kappa shape index (κ2) is 8.67. The highest BCUT2D eigenvalue weighted by Crippen LogP contribution is 2.32. The van der Waals surface area contributed by atoms with Crippen molar-refractivity contribution in [3.63, 3.8) is 0 Å². The van der Waals surface area contributed by atoms with E-state index in [0.717, 1.165) is 19.3 Å². The van der Waals surface area contributed by atoms with E-state index in [9.17, 15) is 10.2 Å². The van der Waals surface area contributed by atoms with E-state index in [4.69, 9.17) is 14.2 Å². The summed E-state index contributed by atoms with van der Waals surface area (Å²) in [5.41, 5.74) is 1.33. The monoisotopic (exact) mass is 354 g/mol. The van der Waals surface area contributed by atoms with Crippen molar-refractivity contribution in [1.29, 1.82) is 0 Å². The first-order valence-electron chi connectivity index (χ1n) is 9.35. The second-order valence-electron chi connectivity index (χ2n) is 8.13. The van der Waals surface area contributed by atoms with Crippen LogP contribution in [-0.4, -0.2) is 47.0 Å². The van der Waals surface area contributed by atoms with E-state index >= 15 is 0 Å². The molecule has 5 atom stereocenters. The SMILES string of the molecule is CC(C)=CCC[C@H](C)C[C@H](O)CC1=C[C@@H](O)[C@@H]([C@H]2COC(C)(C)O2)O1. The van der Waals surface area contributed by atoms with Gasteiger partial charge in [0, 0.05) is 6.42 Å². The summed E-state index contributed by atoms with van der Waals surface area (Å²) in [6.07, 6.45) is 5.26. The normalized spacial score (nSPS) is 30.5. The van der Waals surface area contributed by atoms with Gasteiger partial charge in [0.25, 0.3) is 0 Å². The molecule has 0 aromatic rings. The van der Waals surface area contributed by atoms with Crippen LogP contribution in [-0.2, 0) is 14.2 Å². The molecule has 0 bridgehead atoms. The van der Waals surface area contributed by atoms with Crippen molar-refractivity contribution in [2.45, 2.75) is 90.5 Å². The van der Waals surface area contributed by atoms with Crippen LogP contribution < -0.4 is 0 Å². The van der Waals surface area contributed by atoms with Gasteiger partial charge in [0.05, 0.1) is 18.5 Å². The Labute approximate surface area is 151 Å². The fourth-order valence-electron chi connectivity index (χ4n) is 3.41. The first-order chi connectivity index (χ1) is 11.7. The van der Waals surface area contributed by atoms with Gasteiger partial charge in [-0.15, -0.1) is 0 Å². The van der Waals surface area contributed by atoms with E-state index < -0.39 is 24.1 Å². The van der Waals surface area contributed by atoms with Gasteiger partial charge in [0.15, 0.2) is 11.9 Å². The summed E-state index contributed by atoms with van der Waals surface area (Å²) in [6, 6.07) is 0. The standard InChI is InChI=1S/C20H34O5/c1-13(2)7-6-8-14(3)9-15(21)10-16-11-17(22)19(24-16)18-12-23-20(4,5)25-18/h7,11,14-15,17-19,21-22H,6,8-10,12H2,1-5H3/t14-,15-,17+,18+,19-/m0/s1. The molecule has 0 unspecified atom stereocenters. The molecule has 0 amide bonds. The maximum Gasteiger partial charge on any atom is 0.163 e. The molecule has 2 rings (SSSR count). The minimum Gasteiger partial charge on any atom is -0.489 e. The van der Waals surface area contributed by atoms with Crippen molar-refractivity contribution < 1.29 is 24.4 Å². The highest BCUT2D eigenvalue weighted by molar-refractivity contribution is 5.10. The molecule has 0 aliphatic carbocycles. The van der Waals surface area contributed by atoms with Crippen LogP contribution in [0.5, 0.6) is 0 Å².